The van der Waals surface area contributed by atoms with Crippen LogP contribution in [-0.2, 0) is 0 Å². The summed E-state index contributed by atoms with van der Waals surface area (Å²) < 4.78 is 1.25. The fraction of sp³-hybridized carbons (Fsp3) is 0.0968. The maximum absolute atomic E-state index is 5.00. The van der Waals surface area contributed by atoms with Crippen LogP contribution in [0.5, 0.6) is 0 Å². The molecule has 2 heterocycles. The standard InChI is InChI=1S/C31H25N3S/c1-3-11-22(12-4-1)25(23-13-5-2-6-14-23)19-20-32-30-26-16-8-9-17-27(26)33-31(34-30)29-21-24-15-7-10-18-28(24)35-29/h1-18,21,25H,19-20H2,(H,32,33,34). The second kappa shape index (κ2) is 9.69. The first kappa shape index (κ1) is 21.5. The van der Waals surface area contributed by atoms with Crippen LogP contribution in [0.4, 0.5) is 5.82 Å². The normalized spacial score (nSPS) is 11.3. The molecule has 0 fully saturated rings. The Hall–Kier alpha value is -4.02. The second-order valence-electron chi connectivity index (χ2n) is 8.65. The summed E-state index contributed by atoms with van der Waals surface area (Å²) in [6, 6.07) is 40.4. The molecule has 0 radical (unpaired) electrons. The van der Waals surface area contributed by atoms with E-state index < -0.39 is 0 Å². The first-order chi connectivity index (χ1) is 17.3. The SMILES string of the molecule is c1ccc(C(CCNc2nc(-c3cc4ccccc4s3)nc3ccccc23)c2ccccc2)cc1. The lowest BCUT2D eigenvalue weighted by Crippen LogP contribution is -2.11. The third-order valence-corrected chi connectivity index (χ3v) is 7.49. The van der Waals surface area contributed by atoms with Crippen LogP contribution >= 0.6 is 11.3 Å². The van der Waals surface area contributed by atoms with Gasteiger partial charge in [0.1, 0.15) is 5.82 Å². The number of fused-ring (bicyclic) bond motifs is 2. The Labute approximate surface area is 209 Å². The van der Waals surface area contributed by atoms with Crippen molar-refractivity contribution in [3.05, 3.63) is 126 Å². The van der Waals surface area contributed by atoms with E-state index in [1.54, 1.807) is 11.3 Å². The number of benzene rings is 4. The zero-order valence-electron chi connectivity index (χ0n) is 19.3. The van der Waals surface area contributed by atoms with Crippen LogP contribution in [0, 0.1) is 0 Å². The van der Waals surface area contributed by atoms with Crippen LogP contribution in [0.15, 0.2) is 115 Å². The molecule has 0 spiro atoms. The summed E-state index contributed by atoms with van der Waals surface area (Å²) in [5, 5.41) is 5.93. The average molecular weight is 472 g/mol. The summed E-state index contributed by atoms with van der Waals surface area (Å²) in [5.41, 5.74) is 3.62. The summed E-state index contributed by atoms with van der Waals surface area (Å²) in [4.78, 5) is 11.0. The fourth-order valence-corrected chi connectivity index (χ4v) is 5.64. The molecule has 0 aliphatic rings. The molecular formula is C31H25N3S. The minimum Gasteiger partial charge on any atom is -0.369 e. The smallest absolute Gasteiger partial charge is 0.172 e. The number of para-hydroxylation sites is 1. The van der Waals surface area contributed by atoms with Gasteiger partial charge in [-0.2, -0.15) is 0 Å². The van der Waals surface area contributed by atoms with Crippen molar-refractivity contribution >= 4 is 38.1 Å². The Bertz CT molecular complexity index is 1500. The quantitative estimate of drug-likeness (QED) is 0.255. The second-order valence-corrected chi connectivity index (χ2v) is 9.73. The molecule has 35 heavy (non-hydrogen) atoms. The molecule has 3 nitrogen and oxygen atoms in total. The highest BCUT2D eigenvalue weighted by molar-refractivity contribution is 7.22. The van der Waals surface area contributed by atoms with Crippen molar-refractivity contribution in [3.8, 4) is 10.7 Å². The highest BCUT2D eigenvalue weighted by atomic mass is 32.1. The molecule has 0 bridgehead atoms. The van der Waals surface area contributed by atoms with Gasteiger partial charge in [0, 0.05) is 22.5 Å². The molecule has 170 valence electrons. The number of rotatable bonds is 7. The van der Waals surface area contributed by atoms with Gasteiger partial charge in [-0.1, -0.05) is 91.0 Å². The van der Waals surface area contributed by atoms with Gasteiger partial charge in [-0.3, -0.25) is 0 Å². The van der Waals surface area contributed by atoms with Crippen molar-refractivity contribution in [2.24, 2.45) is 0 Å². The fourth-order valence-electron chi connectivity index (χ4n) is 4.65. The zero-order valence-corrected chi connectivity index (χ0v) is 20.1. The number of thiophene rings is 1. The monoisotopic (exact) mass is 471 g/mol. The summed E-state index contributed by atoms with van der Waals surface area (Å²) in [6.45, 7) is 0.807. The number of nitrogens with one attached hydrogen (secondary N) is 1. The molecule has 4 aromatic carbocycles. The summed E-state index contributed by atoms with van der Waals surface area (Å²) in [5.74, 6) is 1.98. The van der Waals surface area contributed by atoms with E-state index in [1.807, 2.05) is 12.1 Å². The van der Waals surface area contributed by atoms with E-state index in [0.717, 1.165) is 40.4 Å². The lowest BCUT2D eigenvalue weighted by atomic mass is 9.88. The van der Waals surface area contributed by atoms with Crippen LogP contribution in [0.2, 0.25) is 0 Å². The van der Waals surface area contributed by atoms with Crippen molar-refractivity contribution in [2.45, 2.75) is 12.3 Å². The van der Waals surface area contributed by atoms with Crippen LogP contribution in [0.1, 0.15) is 23.5 Å². The highest BCUT2D eigenvalue weighted by Gasteiger charge is 2.15. The predicted molar refractivity (Wildman–Crippen MR) is 148 cm³/mol. The number of nitrogens with zero attached hydrogens (tertiary/aromatic N) is 2. The number of hydrogen-bond donors (Lipinski definition) is 1. The molecule has 6 aromatic rings. The Morgan fingerprint density at radius 3 is 2.09 bits per heavy atom. The predicted octanol–water partition coefficient (Wildman–Crippen LogP) is 8.15. The Kier molecular flexibility index (Phi) is 5.95. The van der Waals surface area contributed by atoms with E-state index in [-0.39, 0.29) is 0 Å². The molecule has 4 heteroatoms. The first-order valence-electron chi connectivity index (χ1n) is 11.9. The van der Waals surface area contributed by atoms with Crippen LogP contribution < -0.4 is 5.32 Å². The average Bonchev–Trinajstić information content (AvgIpc) is 3.36. The van der Waals surface area contributed by atoms with Crippen molar-refractivity contribution in [1.82, 2.24) is 9.97 Å². The molecule has 0 atom stereocenters. The van der Waals surface area contributed by atoms with Gasteiger partial charge in [0.05, 0.1) is 10.4 Å². The van der Waals surface area contributed by atoms with Crippen molar-refractivity contribution in [2.75, 3.05) is 11.9 Å². The molecule has 0 aliphatic heterocycles. The van der Waals surface area contributed by atoms with Gasteiger partial charge in [-0.05, 0) is 47.2 Å². The minimum atomic E-state index is 0.320. The van der Waals surface area contributed by atoms with Crippen molar-refractivity contribution in [3.63, 3.8) is 0 Å². The number of anilines is 1. The van der Waals surface area contributed by atoms with Crippen LogP contribution in [-0.4, -0.2) is 16.5 Å². The van der Waals surface area contributed by atoms with E-state index in [2.05, 4.69) is 108 Å². The maximum atomic E-state index is 5.00. The topological polar surface area (TPSA) is 37.8 Å². The summed E-state index contributed by atoms with van der Waals surface area (Å²) >= 11 is 1.74. The van der Waals surface area contributed by atoms with Crippen molar-refractivity contribution < 1.29 is 0 Å². The Morgan fingerprint density at radius 1 is 0.686 bits per heavy atom. The van der Waals surface area contributed by atoms with Crippen LogP contribution in [0.3, 0.4) is 0 Å². The third-order valence-electron chi connectivity index (χ3n) is 6.38. The largest absolute Gasteiger partial charge is 0.369 e. The lowest BCUT2D eigenvalue weighted by molar-refractivity contribution is 0.743. The summed E-state index contributed by atoms with van der Waals surface area (Å²) in [6.07, 6.45) is 0.963. The van der Waals surface area contributed by atoms with Gasteiger partial charge in [0.15, 0.2) is 5.82 Å². The molecule has 2 aromatic heterocycles. The molecule has 0 amide bonds. The van der Waals surface area contributed by atoms with Crippen molar-refractivity contribution in [1.29, 1.82) is 0 Å². The molecule has 1 N–H and O–H groups in total. The Morgan fingerprint density at radius 2 is 1.34 bits per heavy atom. The third kappa shape index (κ3) is 4.53. The zero-order chi connectivity index (χ0) is 23.5. The number of hydrogen-bond acceptors (Lipinski definition) is 4. The molecule has 0 unspecified atom stereocenters. The van der Waals surface area contributed by atoms with Gasteiger partial charge < -0.3 is 5.32 Å². The van der Waals surface area contributed by atoms with E-state index in [4.69, 9.17) is 9.97 Å². The molecule has 0 saturated carbocycles. The van der Waals surface area contributed by atoms with E-state index >= 15 is 0 Å². The van der Waals surface area contributed by atoms with E-state index in [0.29, 0.717) is 5.92 Å². The van der Waals surface area contributed by atoms with Crippen LogP contribution in [0.25, 0.3) is 31.7 Å². The summed E-state index contributed by atoms with van der Waals surface area (Å²) in [7, 11) is 0. The Balaban J connectivity index is 1.31. The molecular weight excluding hydrogens is 446 g/mol. The molecule has 0 aliphatic carbocycles. The van der Waals surface area contributed by atoms with Gasteiger partial charge in [0.25, 0.3) is 0 Å². The lowest BCUT2D eigenvalue weighted by Gasteiger charge is -2.19. The van der Waals surface area contributed by atoms with E-state index in [9.17, 15) is 0 Å². The maximum Gasteiger partial charge on any atom is 0.172 e. The molecule has 0 saturated heterocycles. The van der Waals surface area contributed by atoms with Gasteiger partial charge in [-0.15, -0.1) is 11.3 Å². The minimum absolute atomic E-state index is 0.320. The molecule has 6 rings (SSSR count). The highest BCUT2D eigenvalue weighted by Crippen LogP contribution is 2.34. The first-order valence-corrected chi connectivity index (χ1v) is 12.8. The van der Waals surface area contributed by atoms with E-state index in [1.165, 1.54) is 21.2 Å². The van der Waals surface area contributed by atoms with Gasteiger partial charge in [-0.25, -0.2) is 9.97 Å². The number of aromatic nitrogens is 2. The van der Waals surface area contributed by atoms with Gasteiger partial charge in [0.2, 0.25) is 0 Å². The van der Waals surface area contributed by atoms with Gasteiger partial charge >= 0.3 is 0 Å².